The molecule has 3 aromatic carbocycles. The van der Waals surface area contributed by atoms with Gasteiger partial charge in [0.05, 0.1) is 31.7 Å². The van der Waals surface area contributed by atoms with Crippen molar-refractivity contribution in [2.75, 3.05) is 25.2 Å². The average Bonchev–Trinajstić information content (AvgIpc) is 2.77. The van der Waals surface area contributed by atoms with Crippen LogP contribution in [0.25, 0.3) is 0 Å². The van der Waals surface area contributed by atoms with Gasteiger partial charge in [-0.3, -0.25) is 0 Å². The van der Waals surface area contributed by atoms with Gasteiger partial charge in [-0.1, -0.05) is 36.4 Å². The molecule has 0 aliphatic heterocycles. The number of hydrogen-bond donors (Lipinski definition) is 3. The van der Waals surface area contributed by atoms with Crippen LogP contribution in [0.5, 0.6) is 5.75 Å². The smallest absolute Gasteiger partial charge is 0.118 e. The Bertz CT molecular complexity index is 1000. The fourth-order valence-electron chi connectivity index (χ4n) is 3.46. The van der Waals surface area contributed by atoms with Crippen molar-refractivity contribution < 1.29 is 14.6 Å². The first-order chi connectivity index (χ1) is 14.4. The number of aliphatic hydroxyl groups excluding tert-OH is 1. The molecule has 3 aromatic rings. The Morgan fingerprint density at radius 2 is 1.73 bits per heavy atom. The van der Waals surface area contributed by atoms with Gasteiger partial charge in [0.2, 0.25) is 0 Å². The molecule has 5 nitrogen and oxygen atoms in total. The minimum absolute atomic E-state index is 0.470. The highest BCUT2D eigenvalue weighted by Gasteiger charge is 2.17. The fraction of sp³-hybridized carbons (Fsp3) is 0.280. The van der Waals surface area contributed by atoms with Crippen LogP contribution in [0.1, 0.15) is 39.5 Å². The normalized spacial score (nSPS) is 11.9. The molecule has 1 atom stereocenters. The summed E-state index contributed by atoms with van der Waals surface area (Å²) in [5.41, 5.74) is 13.5. The number of benzene rings is 3. The SMILES string of the molecule is CNc1ccc(C(O)c2ccc(C)c(COCc3ccc(OC)cc3)c2)c(C)c1N. The van der Waals surface area contributed by atoms with Crippen LogP contribution in [-0.4, -0.2) is 19.3 Å². The van der Waals surface area contributed by atoms with Crippen LogP contribution in [0, 0.1) is 13.8 Å². The lowest BCUT2D eigenvalue weighted by Crippen LogP contribution is -2.07. The van der Waals surface area contributed by atoms with Gasteiger partial charge in [-0.15, -0.1) is 0 Å². The number of ether oxygens (including phenoxy) is 2. The van der Waals surface area contributed by atoms with Crippen molar-refractivity contribution in [2.24, 2.45) is 0 Å². The summed E-state index contributed by atoms with van der Waals surface area (Å²) in [5.74, 6) is 0.829. The average molecular weight is 407 g/mol. The van der Waals surface area contributed by atoms with E-state index in [1.165, 1.54) is 0 Å². The van der Waals surface area contributed by atoms with Crippen molar-refractivity contribution in [2.45, 2.75) is 33.2 Å². The topological polar surface area (TPSA) is 76.7 Å². The monoisotopic (exact) mass is 406 g/mol. The number of anilines is 2. The lowest BCUT2D eigenvalue weighted by atomic mass is 9.93. The maximum atomic E-state index is 11.0. The molecule has 0 fully saturated rings. The summed E-state index contributed by atoms with van der Waals surface area (Å²) in [4.78, 5) is 0. The lowest BCUT2D eigenvalue weighted by Gasteiger charge is -2.19. The Labute approximate surface area is 178 Å². The minimum Gasteiger partial charge on any atom is -0.497 e. The molecule has 0 spiro atoms. The number of rotatable bonds is 8. The van der Waals surface area contributed by atoms with E-state index < -0.39 is 6.10 Å². The van der Waals surface area contributed by atoms with Crippen molar-refractivity contribution in [3.63, 3.8) is 0 Å². The summed E-state index contributed by atoms with van der Waals surface area (Å²) in [6.07, 6.45) is -0.751. The third-order valence-electron chi connectivity index (χ3n) is 5.49. The van der Waals surface area contributed by atoms with Gasteiger partial charge in [-0.2, -0.15) is 0 Å². The largest absolute Gasteiger partial charge is 0.497 e. The molecule has 3 rings (SSSR count). The van der Waals surface area contributed by atoms with Crippen LogP contribution in [0.3, 0.4) is 0 Å². The first kappa shape index (κ1) is 21.7. The maximum Gasteiger partial charge on any atom is 0.118 e. The lowest BCUT2D eigenvalue weighted by molar-refractivity contribution is 0.106. The molecule has 0 saturated carbocycles. The molecule has 0 aliphatic rings. The molecule has 0 aromatic heterocycles. The van der Waals surface area contributed by atoms with Crippen molar-refractivity contribution in [3.8, 4) is 5.75 Å². The van der Waals surface area contributed by atoms with E-state index >= 15 is 0 Å². The summed E-state index contributed by atoms with van der Waals surface area (Å²) in [6, 6.07) is 17.6. The second-order valence-corrected chi connectivity index (χ2v) is 7.42. The number of nitrogens with two attached hydrogens (primary N) is 1. The Morgan fingerprint density at radius 1 is 1.00 bits per heavy atom. The summed E-state index contributed by atoms with van der Waals surface area (Å²) >= 11 is 0. The van der Waals surface area contributed by atoms with Crippen LogP contribution in [0.15, 0.2) is 54.6 Å². The maximum absolute atomic E-state index is 11.0. The number of hydrogen-bond acceptors (Lipinski definition) is 5. The van der Waals surface area contributed by atoms with Crippen LogP contribution in [0.2, 0.25) is 0 Å². The van der Waals surface area contributed by atoms with Gasteiger partial charge in [0.25, 0.3) is 0 Å². The molecular weight excluding hydrogens is 376 g/mol. The van der Waals surface area contributed by atoms with E-state index in [1.807, 2.05) is 75.5 Å². The minimum atomic E-state index is -0.751. The number of aryl methyl sites for hydroxylation is 1. The summed E-state index contributed by atoms with van der Waals surface area (Å²) in [6.45, 7) is 4.96. The van der Waals surface area contributed by atoms with Gasteiger partial charge in [-0.25, -0.2) is 0 Å². The molecule has 4 N–H and O–H groups in total. The van der Waals surface area contributed by atoms with Crippen molar-refractivity contribution in [1.29, 1.82) is 0 Å². The number of methoxy groups -OCH3 is 1. The van der Waals surface area contributed by atoms with E-state index in [4.69, 9.17) is 15.2 Å². The van der Waals surface area contributed by atoms with Gasteiger partial charge in [0, 0.05) is 7.05 Å². The quantitative estimate of drug-likeness (QED) is 0.471. The van der Waals surface area contributed by atoms with E-state index in [1.54, 1.807) is 7.11 Å². The fourth-order valence-corrected chi connectivity index (χ4v) is 3.46. The van der Waals surface area contributed by atoms with E-state index in [0.717, 1.165) is 44.8 Å². The summed E-state index contributed by atoms with van der Waals surface area (Å²) < 4.78 is 11.1. The summed E-state index contributed by atoms with van der Waals surface area (Å²) in [5, 5.41) is 14.1. The first-order valence-corrected chi connectivity index (χ1v) is 9.99. The Hall–Kier alpha value is -3.02. The molecule has 0 aliphatic carbocycles. The van der Waals surface area contributed by atoms with Gasteiger partial charge in [0.1, 0.15) is 11.9 Å². The van der Waals surface area contributed by atoms with E-state index in [-0.39, 0.29) is 0 Å². The molecule has 30 heavy (non-hydrogen) atoms. The van der Waals surface area contributed by atoms with Crippen LogP contribution >= 0.6 is 0 Å². The molecule has 158 valence electrons. The van der Waals surface area contributed by atoms with Crippen LogP contribution < -0.4 is 15.8 Å². The predicted molar refractivity (Wildman–Crippen MR) is 122 cm³/mol. The van der Waals surface area contributed by atoms with Gasteiger partial charge in [0.15, 0.2) is 0 Å². The number of aliphatic hydroxyl groups is 1. The first-order valence-electron chi connectivity index (χ1n) is 9.99. The van der Waals surface area contributed by atoms with E-state index in [2.05, 4.69) is 5.32 Å². The van der Waals surface area contributed by atoms with Gasteiger partial charge < -0.3 is 25.6 Å². The zero-order valence-corrected chi connectivity index (χ0v) is 18.0. The van der Waals surface area contributed by atoms with Gasteiger partial charge in [-0.05, 0) is 65.4 Å². The highest BCUT2D eigenvalue weighted by molar-refractivity contribution is 5.71. The molecule has 0 saturated heterocycles. The number of nitrogens with one attached hydrogen (secondary N) is 1. The van der Waals surface area contributed by atoms with Crippen LogP contribution in [0.4, 0.5) is 11.4 Å². The molecule has 1 unspecified atom stereocenters. The molecule has 0 heterocycles. The Morgan fingerprint density at radius 3 is 2.40 bits per heavy atom. The molecule has 0 bridgehead atoms. The van der Waals surface area contributed by atoms with Crippen LogP contribution in [-0.2, 0) is 18.0 Å². The van der Waals surface area contributed by atoms with E-state index in [0.29, 0.717) is 18.9 Å². The Balaban J connectivity index is 1.73. The van der Waals surface area contributed by atoms with Crippen molar-refractivity contribution in [1.82, 2.24) is 0 Å². The van der Waals surface area contributed by atoms with Crippen molar-refractivity contribution >= 4 is 11.4 Å². The Kier molecular flexibility index (Phi) is 6.98. The highest BCUT2D eigenvalue weighted by atomic mass is 16.5. The molecule has 0 amide bonds. The third kappa shape index (κ3) is 4.75. The second-order valence-electron chi connectivity index (χ2n) is 7.42. The zero-order chi connectivity index (χ0) is 21.7. The second kappa shape index (κ2) is 9.65. The van der Waals surface area contributed by atoms with Gasteiger partial charge >= 0.3 is 0 Å². The predicted octanol–water partition coefficient (Wildman–Crippen LogP) is 4.73. The molecular formula is C25H30N2O3. The molecule has 0 radical (unpaired) electrons. The standard InChI is InChI=1S/C25H30N2O3/c1-16-5-8-19(25(28)22-11-12-23(27-3)24(26)17(22)2)13-20(16)15-30-14-18-6-9-21(29-4)10-7-18/h5-13,25,27-28H,14-15,26H2,1-4H3. The summed E-state index contributed by atoms with van der Waals surface area (Å²) in [7, 11) is 3.49. The number of nitrogen functional groups attached to an aromatic ring is 1. The highest BCUT2D eigenvalue weighted by Crippen LogP contribution is 2.32. The molecule has 5 heteroatoms. The third-order valence-corrected chi connectivity index (χ3v) is 5.49. The van der Waals surface area contributed by atoms with Crippen molar-refractivity contribution in [3.05, 3.63) is 88.0 Å². The zero-order valence-electron chi connectivity index (χ0n) is 18.0. The van der Waals surface area contributed by atoms with E-state index in [9.17, 15) is 5.11 Å².